The van der Waals surface area contributed by atoms with E-state index in [0.717, 1.165) is 11.4 Å². The molecule has 0 amide bonds. The number of hydrogen-bond donors (Lipinski definition) is 0. The summed E-state index contributed by atoms with van der Waals surface area (Å²) in [5.41, 5.74) is 9.91. The molecule has 1 saturated carbocycles. The van der Waals surface area contributed by atoms with Gasteiger partial charge in [0.25, 0.3) is 0 Å². The van der Waals surface area contributed by atoms with Gasteiger partial charge in [0.2, 0.25) is 0 Å². The van der Waals surface area contributed by atoms with E-state index in [4.69, 9.17) is 23.9 Å². The summed E-state index contributed by atoms with van der Waals surface area (Å²) in [7, 11) is 7.77. The standard InChI is InChI=1S/C34H39N2Si.CH3.2ClH.Ti/c1-23-22-28-26(24-18-20-25(21-19-24)34(2,3)4)12-11-13-27(28)33(23)37(5,6)36-31-16-9-7-14-29(31)35-30-15-8-10-17-32(30)36;;;;/h7-21,23,27-28,33H,22H2,1-6H3;1H3;2*1H;/q2*-1;;;+2/p-2/t23-,27+,28-,33?;;;;/m1..../s1. The molecular weight excluding hydrogens is 595 g/mol. The van der Waals surface area contributed by atoms with Crippen molar-refractivity contribution in [1.82, 2.24) is 0 Å². The third kappa shape index (κ3) is 6.17. The number of nitrogens with zero attached hydrogens (tertiary/aromatic N) is 2. The van der Waals surface area contributed by atoms with Crippen LogP contribution >= 0.6 is 18.6 Å². The number of hydrogen-bond acceptors (Lipinski definition) is 1. The third-order valence-electron chi connectivity index (χ3n) is 9.09. The zero-order valence-electron chi connectivity index (χ0n) is 25.3. The van der Waals surface area contributed by atoms with Crippen LogP contribution in [0, 0.1) is 25.2 Å². The molecule has 2 nitrogen and oxygen atoms in total. The van der Waals surface area contributed by atoms with Crippen LogP contribution < -0.4 is 4.57 Å². The molecule has 1 heterocycles. The molecule has 6 heteroatoms. The Balaban J connectivity index is 0.000000929. The van der Waals surface area contributed by atoms with Crippen molar-refractivity contribution in [1.29, 1.82) is 0 Å². The summed E-state index contributed by atoms with van der Waals surface area (Å²) in [5.74, 6) is 1.81. The zero-order valence-corrected chi connectivity index (χ0v) is 29.4. The zero-order chi connectivity index (χ0) is 28.7. The van der Waals surface area contributed by atoms with Gasteiger partial charge in [-0.2, -0.15) is 0 Å². The first-order valence-electron chi connectivity index (χ1n) is 14.2. The van der Waals surface area contributed by atoms with Gasteiger partial charge in [-0.05, 0) is 64.0 Å². The van der Waals surface area contributed by atoms with Crippen molar-refractivity contribution >= 4 is 55.2 Å². The van der Waals surface area contributed by atoms with E-state index in [9.17, 15) is 0 Å². The summed E-state index contributed by atoms with van der Waals surface area (Å²) in [6.07, 6.45) is 8.52. The molecule has 3 aromatic carbocycles. The first-order chi connectivity index (χ1) is 19.1. The van der Waals surface area contributed by atoms with Gasteiger partial charge in [-0.3, -0.25) is 0 Å². The Bertz CT molecular complexity index is 1360. The molecule has 3 aromatic rings. The van der Waals surface area contributed by atoms with Crippen molar-refractivity contribution in [2.75, 3.05) is 4.57 Å². The van der Waals surface area contributed by atoms with Gasteiger partial charge in [0.1, 0.15) is 0 Å². The Hall–Kier alpha value is -1.75. The number of fused-ring (bicyclic) bond motifs is 3. The topological polar surface area (TPSA) is 17.3 Å². The Morgan fingerprint density at radius 2 is 1.41 bits per heavy atom. The average molecular weight is 638 g/mol. The number of rotatable bonds is 3. The first kappa shape index (κ1) is 32.2. The van der Waals surface area contributed by atoms with Gasteiger partial charge in [-0.1, -0.05) is 120 Å². The molecule has 0 saturated heterocycles. The summed E-state index contributed by atoms with van der Waals surface area (Å²) in [6.45, 7) is 14.6. The van der Waals surface area contributed by atoms with Crippen molar-refractivity contribution in [3.63, 3.8) is 0 Å². The predicted octanol–water partition coefficient (Wildman–Crippen LogP) is 12.1. The van der Waals surface area contributed by atoms with Gasteiger partial charge in [0, 0.05) is 11.4 Å². The molecule has 1 unspecified atom stereocenters. The van der Waals surface area contributed by atoms with E-state index in [1.54, 1.807) is 0 Å². The van der Waals surface area contributed by atoms with Crippen molar-refractivity contribution < 1.29 is 17.0 Å². The van der Waals surface area contributed by atoms with Crippen LogP contribution in [0.4, 0.5) is 22.7 Å². The molecule has 1 aliphatic heterocycles. The van der Waals surface area contributed by atoms with Crippen LogP contribution in [0.2, 0.25) is 18.6 Å². The van der Waals surface area contributed by atoms with Gasteiger partial charge in [0.15, 0.2) is 8.24 Å². The molecule has 4 atom stereocenters. The Labute approximate surface area is 266 Å². The first-order valence-corrected chi connectivity index (χ1v) is 21.6. The quantitative estimate of drug-likeness (QED) is 0.206. The predicted molar refractivity (Wildman–Crippen MR) is 180 cm³/mol. The van der Waals surface area contributed by atoms with Crippen molar-refractivity contribution in [2.24, 2.45) is 17.8 Å². The molecule has 41 heavy (non-hydrogen) atoms. The molecular formula is C35H42Cl2N2SiTi-2. The molecule has 0 radical (unpaired) electrons. The van der Waals surface area contributed by atoms with Crippen molar-refractivity contribution in [3.05, 3.63) is 115 Å². The van der Waals surface area contributed by atoms with E-state index in [1.807, 2.05) is 0 Å². The van der Waals surface area contributed by atoms with Gasteiger partial charge < -0.3 is 17.3 Å². The second kappa shape index (κ2) is 12.9. The summed E-state index contributed by atoms with van der Waals surface area (Å²) in [6, 6.07) is 26.9. The van der Waals surface area contributed by atoms with Crippen LogP contribution in [-0.4, -0.2) is 8.24 Å². The number of benzene rings is 3. The van der Waals surface area contributed by atoms with Crippen LogP contribution in [0.3, 0.4) is 0 Å². The minimum absolute atomic E-state index is 0. The third-order valence-corrected chi connectivity index (χ3v) is 13.3. The van der Waals surface area contributed by atoms with Gasteiger partial charge in [0.05, 0.1) is 0 Å². The molecule has 2 aliphatic carbocycles. The van der Waals surface area contributed by atoms with E-state index in [-0.39, 0.29) is 12.8 Å². The van der Waals surface area contributed by atoms with Crippen LogP contribution in [0.1, 0.15) is 45.2 Å². The molecule has 216 valence electrons. The monoisotopic (exact) mass is 636 g/mol. The molecule has 6 rings (SSSR count). The van der Waals surface area contributed by atoms with E-state index < -0.39 is 25.3 Å². The Morgan fingerprint density at radius 3 is 1.95 bits per heavy atom. The summed E-state index contributed by atoms with van der Waals surface area (Å²) in [5, 5.41) is 5.03. The number of para-hydroxylation sites is 4. The summed E-state index contributed by atoms with van der Waals surface area (Å²) >= 11 is -0.556. The molecule has 1 fully saturated rings. The number of halogens is 2. The van der Waals surface area contributed by atoms with E-state index >= 15 is 0 Å². The van der Waals surface area contributed by atoms with Crippen LogP contribution in [0.25, 0.3) is 10.9 Å². The fourth-order valence-electron chi connectivity index (χ4n) is 7.50. The SMILES string of the molecule is C[C@@H]1C[C@@H]2C(c3ccc(C(C)(C)C)cc3)=CC=C[C@@H]2C1[Si](C)(C)N1c2ccccc2[N-]c2ccccc21.[CH3-].[Cl][Ti][Cl]. The summed E-state index contributed by atoms with van der Waals surface area (Å²) < 4.78 is 2.73. The molecule has 0 spiro atoms. The van der Waals surface area contributed by atoms with Gasteiger partial charge in [-0.25, -0.2) is 0 Å². The minimum atomic E-state index is -2.01. The van der Waals surface area contributed by atoms with Crippen LogP contribution in [0.5, 0.6) is 0 Å². The number of anilines is 2. The average Bonchev–Trinajstić information content (AvgIpc) is 3.28. The molecule has 0 N–H and O–H groups in total. The van der Waals surface area contributed by atoms with Crippen molar-refractivity contribution in [3.8, 4) is 0 Å². The number of allylic oxidation sites excluding steroid dienone is 4. The van der Waals surface area contributed by atoms with Gasteiger partial charge in [-0.15, -0.1) is 11.4 Å². The van der Waals surface area contributed by atoms with Crippen LogP contribution in [-0.2, 0) is 22.4 Å². The normalized spacial score (nSPS) is 22.5. The summed E-state index contributed by atoms with van der Waals surface area (Å²) in [4.78, 5) is 0. The molecule has 0 bridgehead atoms. The fourth-order valence-corrected chi connectivity index (χ4v) is 12.2. The maximum atomic E-state index is 5.03. The second-order valence-electron chi connectivity index (χ2n) is 12.9. The van der Waals surface area contributed by atoms with E-state index in [0.29, 0.717) is 23.3 Å². The Kier molecular flexibility index (Phi) is 10.1. The van der Waals surface area contributed by atoms with Crippen molar-refractivity contribution in [2.45, 2.75) is 58.2 Å². The fraction of sp³-hybridized carbons (Fsp3) is 0.343. The van der Waals surface area contributed by atoms with Crippen LogP contribution in [0.15, 0.2) is 91.0 Å². The Morgan fingerprint density at radius 1 is 0.878 bits per heavy atom. The molecule has 3 aliphatic rings. The second-order valence-corrected chi connectivity index (χ2v) is 19.9. The van der Waals surface area contributed by atoms with E-state index in [1.165, 1.54) is 34.5 Å². The van der Waals surface area contributed by atoms with E-state index in [2.05, 4.69) is 136 Å². The maximum absolute atomic E-state index is 5.03. The van der Waals surface area contributed by atoms with Gasteiger partial charge >= 0.3 is 35.6 Å². The molecule has 0 aromatic heterocycles.